The van der Waals surface area contributed by atoms with Crippen LogP contribution in [0.2, 0.25) is 0 Å². The first-order valence-corrected chi connectivity index (χ1v) is 2.84. The summed E-state index contributed by atoms with van der Waals surface area (Å²) in [5.74, 6) is 1.23. The van der Waals surface area contributed by atoms with Crippen molar-refractivity contribution >= 4 is 5.91 Å². The van der Waals surface area contributed by atoms with Crippen LogP contribution in [0.1, 0.15) is 6.92 Å². The molecule has 0 aromatic heterocycles. The monoisotopic (exact) mass is 136 g/mol. The highest BCUT2D eigenvalue weighted by atomic mass is 16.1. The largest absolute Gasteiger partial charge is 0.344 e. The molecule has 10 heavy (non-hydrogen) atoms. The third-order valence-corrected chi connectivity index (χ3v) is 0.920. The number of carbonyl (C=O) groups is 1. The molecule has 0 aliphatic heterocycles. The minimum atomic E-state index is -0.470. The highest BCUT2D eigenvalue weighted by Crippen LogP contribution is 1.86. The Hall–Kier alpha value is -1.48. The van der Waals surface area contributed by atoms with Gasteiger partial charge in [0, 0.05) is 6.54 Å². The third-order valence-electron chi connectivity index (χ3n) is 0.920. The first-order chi connectivity index (χ1) is 4.70. The van der Waals surface area contributed by atoms with E-state index in [0.717, 1.165) is 0 Å². The van der Waals surface area contributed by atoms with Gasteiger partial charge in [-0.3, -0.25) is 4.79 Å². The summed E-state index contributed by atoms with van der Waals surface area (Å²) < 4.78 is 0. The molecule has 1 unspecified atom stereocenters. The van der Waals surface area contributed by atoms with E-state index in [0.29, 0.717) is 6.54 Å². The van der Waals surface area contributed by atoms with Gasteiger partial charge in [-0.05, 0) is 12.8 Å². The smallest absolute Gasteiger partial charge is 0.295 e. The van der Waals surface area contributed by atoms with Gasteiger partial charge in [-0.2, -0.15) is 5.26 Å². The predicted octanol–water partition coefficient (Wildman–Crippen LogP) is -0.105. The van der Waals surface area contributed by atoms with Crippen LogP contribution in [0, 0.1) is 29.6 Å². The Kier molecular flexibility index (Phi) is 3.75. The third kappa shape index (κ3) is 3.51. The van der Waals surface area contributed by atoms with E-state index in [2.05, 4.69) is 5.32 Å². The van der Waals surface area contributed by atoms with E-state index < -0.39 is 5.91 Å². The SMILES string of the molecule is C#CC(=O)NCC(C)C#N. The van der Waals surface area contributed by atoms with Crippen molar-refractivity contribution in [3.05, 3.63) is 0 Å². The lowest BCUT2D eigenvalue weighted by Crippen LogP contribution is -2.26. The average Bonchev–Trinajstić information content (AvgIpc) is 1.99. The van der Waals surface area contributed by atoms with Gasteiger partial charge in [0.2, 0.25) is 0 Å². The number of nitrogens with zero attached hydrogens (tertiary/aromatic N) is 1. The van der Waals surface area contributed by atoms with E-state index in [4.69, 9.17) is 11.7 Å². The van der Waals surface area contributed by atoms with Gasteiger partial charge in [0.25, 0.3) is 5.91 Å². The normalized spacial score (nSPS) is 10.7. The zero-order valence-electron chi connectivity index (χ0n) is 5.72. The van der Waals surface area contributed by atoms with E-state index in [1.807, 2.05) is 12.0 Å². The van der Waals surface area contributed by atoms with E-state index >= 15 is 0 Å². The summed E-state index contributed by atoms with van der Waals surface area (Å²) >= 11 is 0. The minimum Gasteiger partial charge on any atom is -0.344 e. The van der Waals surface area contributed by atoms with Crippen molar-refractivity contribution in [2.24, 2.45) is 5.92 Å². The molecule has 0 rings (SSSR count). The number of amides is 1. The second-order valence-corrected chi connectivity index (χ2v) is 1.88. The van der Waals surface area contributed by atoms with Crippen LogP contribution >= 0.6 is 0 Å². The molecule has 0 aliphatic carbocycles. The maximum Gasteiger partial charge on any atom is 0.295 e. The molecule has 1 atom stereocenters. The number of nitriles is 1. The Labute approximate surface area is 60.0 Å². The molecule has 1 amide bonds. The van der Waals surface area contributed by atoms with Crippen molar-refractivity contribution in [1.29, 1.82) is 5.26 Å². The molecule has 0 aromatic rings. The second kappa shape index (κ2) is 4.40. The van der Waals surface area contributed by atoms with E-state index in [1.165, 1.54) is 0 Å². The first-order valence-electron chi connectivity index (χ1n) is 2.84. The zero-order valence-corrected chi connectivity index (χ0v) is 5.72. The summed E-state index contributed by atoms with van der Waals surface area (Å²) in [5, 5.41) is 10.7. The van der Waals surface area contributed by atoms with Crippen LogP contribution in [-0.2, 0) is 4.79 Å². The summed E-state index contributed by atoms with van der Waals surface area (Å²) in [6, 6.07) is 1.96. The van der Waals surface area contributed by atoms with Crippen LogP contribution in [0.15, 0.2) is 0 Å². The predicted molar refractivity (Wildman–Crippen MR) is 36.6 cm³/mol. The number of hydrogen-bond donors (Lipinski definition) is 1. The molecule has 3 nitrogen and oxygen atoms in total. The van der Waals surface area contributed by atoms with Crippen molar-refractivity contribution in [3.8, 4) is 18.4 Å². The van der Waals surface area contributed by atoms with Crippen LogP contribution in [0.5, 0.6) is 0 Å². The molecule has 0 aromatic carbocycles. The van der Waals surface area contributed by atoms with Gasteiger partial charge >= 0.3 is 0 Å². The molecular formula is C7H8N2O. The first kappa shape index (κ1) is 8.52. The van der Waals surface area contributed by atoms with E-state index in [1.54, 1.807) is 6.92 Å². The summed E-state index contributed by atoms with van der Waals surface area (Å²) in [4.78, 5) is 10.4. The molecule has 0 fully saturated rings. The number of rotatable bonds is 2. The van der Waals surface area contributed by atoms with Gasteiger partial charge in [0.15, 0.2) is 0 Å². The highest BCUT2D eigenvalue weighted by molar-refractivity contribution is 5.92. The molecule has 0 radical (unpaired) electrons. The van der Waals surface area contributed by atoms with Gasteiger partial charge in [-0.15, -0.1) is 6.42 Å². The van der Waals surface area contributed by atoms with Gasteiger partial charge < -0.3 is 5.32 Å². The van der Waals surface area contributed by atoms with Crippen LogP contribution in [0.25, 0.3) is 0 Å². The van der Waals surface area contributed by atoms with Gasteiger partial charge in [0.05, 0.1) is 12.0 Å². The number of terminal acetylenes is 1. The molecule has 52 valence electrons. The maximum absolute atomic E-state index is 10.4. The molecule has 0 saturated carbocycles. The quantitative estimate of drug-likeness (QED) is 0.539. The van der Waals surface area contributed by atoms with E-state index in [9.17, 15) is 4.79 Å². The standard InChI is InChI=1S/C7H8N2O/c1-3-7(10)9-5-6(2)4-8/h1,6H,5H2,2H3,(H,9,10). The summed E-state index contributed by atoms with van der Waals surface area (Å²) in [5.41, 5.74) is 0. The Bertz CT molecular complexity index is 197. The number of hydrogen-bond acceptors (Lipinski definition) is 2. The summed E-state index contributed by atoms with van der Waals surface area (Å²) in [6.45, 7) is 2.02. The van der Waals surface area contributed by atoms with Crippen LogP contribution in [0.3, 0.4) is 0 Å². The Morgan fingerprint density at radius 3 is 2.90 bits per heavy atom. The Balaban J connectivity index is 3.50. The van der Waals surface area contributed by atoms with Crippen LogP contribution < -0.4 is 5.32 Å². The maximum atomic E-state index is 10.4. The molecule has 1 N–H and O–H groups in total. The lowest BCUT2D eigenvalue weighted by atomic mass is 10.2. The number of nitrogens with one attached hydrogen (secondary N) is 1. The molecule has 0 aliphatic rings. The second-order valence-electron chi connectivity index (χ2n) is 1.88. The fourth-order valence-electron chi connectivity index (χ4n) is 0.342. The molecule has 0 saturated heterocycles. The zero-order chi connectivity index (χ0) is 7.98. The lowest BCUT2D eigenvalue weighted by molar-refractivity contribution is -0.115. The van der Waals surface area contributed by atoms with Crippen molar-refractivity contribution < 1.29 is 4.79 Å². The Morgan fingerprint density at radius 1 is 1.90 bits per heavy atom. The van der Waals surface area contributed by atoms with E-state index in [-0.39, 0.29) is 5.92 Å². The van der Waals surface area contributed by atoms with Gasteiger partial charge in [-0.1, -0.05) is 0 Å². The van der Waals surface area contributed by atoms with Crippen LogP contribution in [-0.4, -0.2) is 12.5 Å². The average molecular weight is 136 g/mol. The summed E-state index contributed by atoms with van der Waals surface area (Å²) in [6.07, 6.45) is 4.75. The molecule has 3 heteroatoms. The highest BCUT2D eigenvalue weighted by Gasteiger charge is 1.99. The summed E-state index contributed by atoms with van der Waals surface area (Å²) in [7, 11) is 0. The Morgan fingerprint density at radius 2 is 2.50 bits per heavy atom. The topological polar surface area (TPSA) is 52.9 Å². The van der Waals surface area contributed by atoms with Crippen molar-refractivity contribution in [2.45, 2.75) is 6.92 Å². The van der Waals surface area contributed by atoms with Crippen molar-refractivity contribution in [3.63, 3.8) is 0 Å². The lowest BCUT2D eigenvalue weighted by Gasteiger charge is -1.99. The molecule has 0 bridgehead atoms. The van der Waals surface area contributed by atoms with Gasteiger partial charge in [-0.25, -0.2) is 0 Å². The minimum absolute atomic E-state index is 0.183. The number of carbonyl (C=O) groups excluding carboxylic acids is 1. The molecule has 0 heterocycles. The fraction of sp³-hybridized carbons (Fsp3) is 0.429. The molecular weight excluding hydrogens is 128 g/mol. The molecule has 0 spiro atoms. The van der Waals surface area contributed by atoms with Gasteiger partial charge in [0.1, 0.15) is 0 Å². The fourth-order valence-corrected chi connectivity index (χ4v) is 0.342. The van der Waals surface area contributed by atoms with Crippen LogP contribution in [0.4, 0.5) is 0 Å². The van der Waals surface area contributed by atoms with Crippen molar-refractivity contribution in [1.82, 2.24) is 5.32 Å². The van der Waals surface area contributed by atoms with Crippen molar-refractivity contribution in [2.75, 3.05) is 6.54 Å².